The van der Waals surface area contributed by atoms with E-state index in [1.807, 2.05) is 65.1 Å². The molecule has 0 saturated carbocycles. The number of allylic oxidation sites excluding steroid dienone is 2. The van der Waals surface area contributed by atoms with Crippen LogP contribution in [0.2, 0.25) is 0 Å². The summed E-state index contributed by atoms with van der Waals surface area (Å²) in [5.41, 5.74) is 10.7. The van der Waals surface area contributed by atoms with Gasteiger partial charge in [-0.25, -0.2) is 8.78 Å². The van der Waals surface area contributed by atoms with Crippen molar-refractivity contribution >= 4 is 27.3 Å². The molecule has 0 aliphatic rings. The molecule has 6 rings (SSSR count). The van der Waals surface area contributed by atoms with Crippen molar-refractivity contribution in [3.8, 4) is 22.5 Å². The Morgan fingerprint density at radius 3 is 1.71 bits per heavy atom. The quantitative estimate of drug-likeness (QED) is 0.0844. The van der Waals surface area contributed by atoms with Crippen LogP contribution in [0.1, 0.15) is 82.6 Å². The molecule has 0 aliphatic heterocycles. The molecule has 1 radical (unpaired) electrons. The number of pyridine rings is 2. The Labute approximate surface area is 348 Å². The van der Waals surface area contributed by atoms with Gasteiger partial charge in [-0.1, -0.05) is 96.0 Å². The summed E-state index contributed by atoms with van der Waals surface area (Å²) in [4.78, 5) is 20.6. The van der Waals surface area contributed by atoms with E-state index in [1.54, 1.807) is 6.92 Å². The minimum atomic E-state index is -2.46. The molecule has 1 unspecified atom stereocenters. The molecule has 2 aromatic heterocycles. The number of nitrogens with zero attached hydrogens (tertiary/aromatic N) is 2. The fourth-order valence-electron chi connectivity index (χ4n) is 6.72. The van der Waals surface area contributed by atoms with Crippen LogP contribution in [0.3, 0.4) is 0 Å². The van der Waals surface area contributed by atoms with Crippen molar-refractivity contribution in [3.63, 3.8) is 0 Å². The predicted molar refractivity (Wildman–Crippen MR) is 225 cm³/mol. The Hall–Kier alpha value is -4.58. The van der Waals surface area contributed by atoms with Gasteiger partial charge in [0.25, 0.3) is 0 Å². The van der Waals surface area contributed by atoms with E-state index in [0.29, 0.717) is 19.3 Å². The van der Waals surface area contributed by atoms with E-state index >= 15 is 0 Å². The maximum Gasteiger partial charge on any atom is 0.239 e. The van der Waals surface area contributed by atoms with Gasteiger partial charge in [0.2, 0.25) is 6.43 Å². The molecular formula is C49H54F2IrN2O2-2. The van der Waals surface area contributed by atoms with Crippen LogP contribution in [0.4, 0.5) is 8.78 Å². The maximum absolute atomic E-state index is 12.2. The van der Waals surface area contributed by atoms with Gasteiger partial charge in [-0.05, 0) is 78.2 Å². The summed E-state index contributed by atoms with van der Waals surface area (Å²) in [7, 11) is 0. The zero-order valence-corrected chi connectivity index (χ0v) is 36.3. The molecule has 297 valence electrons. The standard InChI is InChI=1S/2C18H16N.C13H22F2O2.Ir/c2*1-12-4-5-17-15(9-12)6-7-19-18(17)16-10-13(2)8-14(3)11-16;1-4-9(5-2)11(16)8-12(17)10(6-3)7-13(14)15;/h2*4-10H,1-3H3;8-10,13,17H,4-7H2,1-3H3;/q2*-1;;/b;;12-8-;/i6D,7D;;;. The first-order valence-electron chi connectivity index (χ1n) is 20.0. The van der Waals surface area contributed by atoms with Crippen LogP contribution in [-0.4, -0.2) is 27.3 Å². The van der Waals surface area contributed by atoms with Crippen LogP contribution < -0.4 is 0 Å². The predicted octanol–water partition coefficient (Wildman–Crippen LogP) is 13.4. The van der Waals surface area contributed by atoms with Crippen molar-refractivity contribution in [3.05, 3.63) is 142 Å². The van der Waals surface area contributed by atoms with E-state index in [4.69, 9.17) is 2.74 Å². The van der Waals surface area contributed by atoms with Crippen molar-refractivity contribution in [1.82, 2.24) is 9.97 Å². The molecule has 0 aliphatic carbocycles. The molecule has 2 heterocycles. The monoisotopic (exact) mass is 935 g/mol. The van der Waals surface area contributed by atoms with Crippen LogP contribution in [0.15, 0.2) is 97.0 Å². The van der Waals surface area contributed by atoms with Crippen LogP contribution in [0.5, 0.6) is 0 Å². The minimum absolute atomic E-state index is 0. The normalized spacial score (nSPS) is 12.3. The number of halogens is 2. The third-order valence-electron chi connectivity index (χ3n) is 9.57. The molecule has 0 bridgehead atoms. The SMILES string of the molecule is CCC(CC)C(=O)/C=C(\O)C(CC)CC(F)F.Cc1[c-]c(-c2nccc3cc(C)ccc23)cc(C)c1.[2H]c1nc(-c2[c-]c(C)cc(C)c2)c2ccc(C)cc2c1[2H].[Ir]. The van der Waals surface area contributed by atoms with Crippen LogP contribution >= 0.6 is 0 Å². The number of fused-ring (bicyclic) bond motifs is 2. The number of aryl methyl sites for hydroxylation is 6. The number of rotatable bonds is 10. The van der Waals surface area contributed by atoms with Gasteiger partial charge in [0.05, 0.1) is 8.50 Å². The summed E-state index contributed by atoms with van der Waals surface area (Å²) in [5, 5.41) is 13.8. The van der Waals surface area contributed by atoms with Gasteiger partial charge in [-0.15, -0.1) is 69.8 Å². The van der Waals surface area contributed by atoms with Crippen molar-refractivity contribution in [2.45, 2.75) is 94.4 Å². The molecule has 1 N–H and O–H groups in total. The number of carbonyl (C=O) groups excluding carboxylic acids is 1. The van der Waals surface area contributed by atoms with Crippen molar-refractivity contribution in [2.75, 3.05) is 0 Å². The molecule has 0 amide bonds. The molecule has 4 nitrogen and oxygen atoms in total. The van der Waals surface area contributed by atoms with E-state index < -0.39 is 18.8 Å². The fraction of sp³-hybridized carbons (Fsp3) is 0.327. The number of benzene rings is 4. The summed E-state index contributed by atoms with van der Waals surface area (Å²) >= 11 is 0. The number of aliphatic hydroxyl groups is 1. The molecule has 1 atom stereocenters. The molecule has 7 heteroatoms. The second-order valence-corrected chi connectivity index (χ2v) is 14.4. The third kappa shape index (κ3) is 12.7. The van der Waals surface area contributed by atoms with E-state index in [0.717, 1.165) is 61.6 Å². The summed E-state index contributed by atoms with van der Waals surface area (Å²) in [5.74, 6) is -1.11. The molecular weight excluding hydrogens is 879 g/mol. The first-order valence-corrected chi connectivity index (χ1v) is 19.0. The largest absolute Gasteiger partial charge is 0.512 e. The smallest absolute Gasteiger partial charge is 0.239 e. The van der Waals surface area contributed by atoms with Gasteiger partial charge >= 0.3 is 0 Å². The molecule has 0 spiro atoms. The average Bonchev–Trinajstić information content (AvgIpc) is 3.15. The number of carbonyl (C=O) groups is 1. The fourth-order valence-corrected chi connectivity index (χ4v) is 6.72. The topological polar surface area (TPSA) is 63.1 Å². The molecule has 4 aromatic carbocycles. The molecule has 56 heavy (non-hydrogen) atoms. The first kappa shape index (κ1) is 42.6. The Morgan fingerprint density at radius 2 is 1.21 bits per heavy atom. The Kier molecular flexibility index (Phi) is 16.5. The van der Waals surface area contributed by atoms with E-state index in [1.165, 1.54) is 21.9 Å². The number of ketones is 1. The number of alkyl halides is 2. The second kappa shape index (κ2) is 21.6. The van der Waals surface area contributed by atoms with Crippen molar-refractivity contribution in [2.24, 2.45) is 11.8 Å². The van der Waals surface area contributed by atoms with Gasteiger partial charge in [0, 0.05) is 56.8 Å². The third-order valence-corrected chi connectivity index (χ3v) is 9.57. The van der Waals surface area contributed by atoms with Crippen LogP contribution in [0, 0.1) is 65.5 Å². The summed E-state index contributed by atoms with van der Waals surface area (Å²) in [6.07, 6.45) is 1.97. The summed E-state index contributed by atoms with van der Waals surface area (Å²) in [6, 6.07) is 29.8. The molecule has 0 fully saturated rings. The first-order chi connectivity index (χ1) is 27.0. The van der Waals surface area contributed by atoms with E-state index in [2.05, 4.69) is 85.3 Å². The zero-order chi connectivity index (χ0) is 42.0. The van der Waals surface area contributed by atoms with E-state index in [9.17, 15) is 18.7 Å². The van der Waals surface area contributed by atoms with Crippen LogP contribution in [-0.2, 0) is 24.9 Å². The van der Waals surface area contributed by atoms with Gasteiger partial charge in [0.1, 0.15) is 0 Å². The van der Waals surface area contributed by atoms with Crippen molar-refractivity contribution in [1.29, 1.82) is 0 Å². The average molecular weight is 935 g/mol. The number of aromatic nitrogens is 2. The van der Waals surface area contributed by atoms with Gasteiger partial charge in [-0.3, -0.25) is 4.79 Å². The Bertz CT molecular complexity index is 2340. The van der Waals surface area contributed by atoms with Crippen LogP contribution in [0.25, 0.3) is 44.1 Å². The molecule has 0 saturated heterocycles. The Balaban J connectivity index is 0.000000233. The Morgan fingerprint density at radius 1 is 0.714 bits per heavy atom. The minimum Gasteiger partial charge on any atom is -0.512 e. The van der Waals surface area contributed by atoms with Crippen molar-refractivity contribution < 1.29 is 41.5 Å². The summed E-state index contributed by atoms with van der Waals surface area (Å²) in [6.45, 7) is 17.8. The van der Waals surface area contributed by atoms with Gasteiger partial charge in [-0.2, -0.15) is 0 Å². The summed E-state index contributed by atoms with van der Waals surface area (Å²) < 4.78 is 40.5. The van der Waals surface area contributed by atoms with Gasteiger partial charge in [0.15, 0.2) is 5.78 Å². The second-order valence-electron chi connectivity index (χ2n) is 14.4. The van der Waals surface area contributed by atoms with E-state index in [-0.39, 0.29) is 49.8 Å². The maximum atomic E-state index is 12.2. The molecule has 6 aromatic rings. The number of hydrogen-bond donors (Lipinski definition) is 1. The zero-order valence-electron chi connectivity index (χ0n) is 35.9. The number of aliphatic hydroxyl groups excluding tert-OH is 1. The van der Waals surface area contributed by atoms with Gasteiger partial charge < -0.3 is 15.1 Å². The number of hydrogen-bond acceptors (Lipinski definition) is 4.